The molecule has 7 nitrogen and oxygen atoms in total. The molecule has 0 radical (unpaired) electrons. The summed E-state index contributed by atoms with van der Waals surface area (Å²) in [5.41, 5.74) is 1.11. The predicted octanol–water partition coefficient (Wildman–Crippen LogP) is 0.276. The van der Waals surface area contributed by atoms with Crippen LogP contribution in [0, 0.1) is 0 Å². The van der Waals surface area contributed by atoms with E-state index in [-0.39, 0.29) is 11.6 Å². The second-order valence-electron chi connectivity index (χ2n) is 8.45. The largest absolute Gasteiger partial charge is 0.494 e. The zero-order valence-electron chi connectivity index (χ0n) is 18.3. The lowest BCUT2D eigenvalue weighted by Gasteiger charge is -2.35. The molecule has 1 saturated heterocycles. The van der Waals surface area contributed by atoms with Crippen molar-refractivity contribution in [1.82, 2.24) is 20.2 Å². The molecule has 3 rings (SSSR count). The molecule has 1 aliphatic rings. The average Bonchev–Trinajstić information content (AvgIpc) is 3.21. The summed E-state index contributed by atoms with van der Waals surface area (Å²) in [5, 5.41) is 13.0. The Balaban J connectivity index is 1.95. The molecule has 7 heteroatoms. The molecular weight excluding hydrogens is 364 g/mol. The van der Waals surface area contributed by atoms with E-state index in [0.717, 1.165) is 50.7 Å². The van der Waals surface area contributed by atoms with E-state index < -0.39 is 0 Å². The lowest BCUT2D eigenvalue weighted by Crippen LogP contribution is -3.28. The Morgan fingerprint density at radius 3 is 2.45 bits per heavy atom. The number of hydrogen-bond donors (Lipinski definition) is 2. The van der Waals surface area contributed by atoms with E-state index in [1.807, 2.05) is 17.7 Å². The molecule has 0 aliphatic carbocycles. The Morgan fingerprint density at radius 1 is 1.17 bits per heavy atom. The van der Waals surface area contributed by atoms with Crippen LogP contribution in [0.4, 0.5) is 0 Å². The molecule has 0 amide bonds. The maximum Gasteiger partial charge on any atom is 0.214 e. The molecule has 29 heavy (non-hydrogen) atoms. The van der Waals surface area contributed by atoms with Gasteiger partial charge in [0.2, 0.25) is 5.82 Å². The summed E-state index contributed by atoms with van der Waals surface area (Å²) in [6.45, 7) is 18.6. The zero-order valence-corrected chi connectivity index (χ0v) is 18.3. The number of ether oxygens (including phenoxy) is 1. The first-order chi connectivity index (χ1) is 14.0. The SMILES string of the molecule is C=CC[NH+]1CC[NH+]([C@H](c2ccc(OCC)cc2)c2nnnn2C(C)(C)CC)CC1. The maximum atomic E-state index is 5.65. The molecule has 158 valence electrons. The molecule has 1 atom stereocenters. The van der Waals surface area contributed by atoms with Crippen molar-refractivity contribution in [2.75, 3.05) is 39.3 Å². The predicted molar refractivity (Wildman–Crippen MR) is 113 cm³/mol. The Hall–Kier alpha value is -2.25. The van der Waals surface area contributed by atoms with E-state index in [0.29, 0.717) is 6.61 Å². The molecule has 0 spiro atoms. The van der Waals surface area contributed by atoms with Crippen molar-refractivity contribution >= 4 is 0 Å². The third-order valence-corrected chi connectivity index (χ3v) is 6.16. The lowest BCUT2D eigenvalue weighted by molar-refractivity contribution is -1.02. The van der Waals surface area contributed by atoms with Crippen LogP contribution in [0.3, 0.4) is 0 Å². The van der Waals surface area contributed by atoms with Gasteiger partial charge >= 0.3 is 0 Å². The molecule has 0 unspecified atom stereocenters. The fourth-order valence-corrected chi connectivity index (χ4v) is 4.07. The van der Waals surface area contributed by atoms with E-state index >= 15 is 0 Å². The summed E-state index contributed by atoms with van der Waals surface area (Å²) in [4.78, 5) is 3.12. The number of rotatable bonds is 9. The highest BCUT2D eigenvalue weighted by molar-refractivity contribution is 5.30. The summed E-state index contributed by atoms with van der Waals surface area (Å²) < 4.78 is 7.68. The quantitative estimate of drug-likeness (QED) is 0.594. The van der Waals surface area contributed by atoms with Crippen LogP contribution in [-0.4, -0.2) is 59.5 Å². The second-order valence-corrected chi connectivity index (χ2v) is 8.45. The molecule has 2 aromatic rings. The van der Waals surface area contributed by atoms with Gasteiger partial charge in [-0.3, -0.25) is 0 Å². The van der Waals surface area contributed by atoms with Crippen LogP contribution in [0.15, 0.2) is 36.9 Å². The Kier molecular flexibility index (Phi) is 7.03. The first kappa shape index (κ1) is 21.5. The third kappa shape index (κ3) is 4.85. The zero-order chi connectivity index (χ0) is 20.9. The lowest BCUT2D eigenvalue weighted by atomic mass is 9.99. The van der Waals surface area contributed by atoms with Crippen molar-refractivity contribution in [2.45, 2.75) is 45.7 Å². The third-order valence-electron chi connectivity index (χ3n) is 6.16. The van der Waals surface area contributed by atoms with Gasteiger partial charge in [0.1, 0.15) is 31.9 Å². The molecule has 1 fully saturated rings. The highest BCUT2D eigenvalue weighted by Crippen LogP contribution is 2.25. The maximum absolute atomic E-state index is 5.65. The van der Waals surface area contributed by atoms with Crippen LogP contribution in [0.5, 0.6) is 5.75 Å². The van der Waals surface area contributed by atoms with Gasteiger partial charge in [-0.05, 0) is 68.0 Å². The van der Waals surface area contributed by atoms with E-state index in [9.17, 15) is 0 Å². The van der Waals surface area contributed by atoms with E-state index in [4.69, 9.17) is 4.74 Å². The molecule has 1 aromatic heterocycles. The second kappa shape index (κ2) is 9.50. The number of benzene rings is 1. The van der Waals surface area contributed by atoms with Crippen LogP contribution < -0.4 is 14.5 Å². The van der Waals surface area contributed by atoms with Gasteiger partial charge in [-0.2, -0.15) is 0 Å². The van der Waals surface area contributed by atoms with Crippen LogP contribution >= 0.6 is 0 Å². The number of piperazine rings is 1. The van der Waals surface area contributed by atoms with Crippen molar-refractivity contribution in [1.29, 1.82) is 0 Å². The highest BCUT2D eigenvalue weighted by atomic mass is 16.5. The van der Waals surface area contributed by atoms with Crippen molar-refractivity contribution in [3.8, 4) is 5.75 Å². The minimum absolute atomic E-state index is 0.108. The standard InChI is InChI=1S/C22H34N6O/c1-6-13-26-14-16-27(17-15-26)20(18-9-11-19(12-10-18)29-8-3)21-23-24-25-28(21)22(4,5)7-2/h6,9-12,20H,1,7-8,13-17H2,2-5H3/p+2/t20-/m1/s1. The van der Waals surface area contributed by atoms with Gasteiger partial charge in [0.25, 0.3) is 0 Å². The Labute approximate surface area is 174 Å². The van der Waals surface area contributed by atoms with E-state index in [1.54, 1.807) is 4.90 Å². The van der Waals surface area contributed by atoms with Gasteiger partial charge in [0.15, 0.2) is 6.04 Å². The minimum Gasteiger partial charge on any atom is -0.494 e. The van der Waals surface area contributed by atoms with Crippen LogP contribution in [0.1, 0.15) is 51.5 Å². The smallest absolute Gasteiger partial charge is 0.214 e. The first-order valence-electron chi connectivity index (χ1n) is 10.8. The Morgan fingerprint density at radius 2 is 1.86 bits per heavy atom. The van der Waals surface area contributed by atoms with Crippen molar-refractivity contribution in [3.63, 3.8) is 0 Å². The fourth-order valence-electron chi connectivity index (χ4n) is 4.07. The molecule has 0 saturated carbocycles. The number of tetrazole rings is 1. The summed E-state index contributed by atoms with van der Waals surface area (Å²) in [7, 11) is 0. The molecular formula is C22H36N6O+2. The van der Waals surface area contributed by atoms with Gasteiger partial charge < -0.3 is 14.5 Å². The van der Waals surface area contributed by atoms with Crippen molar-refractivity contribution in [2.24, 2.45) is 0 Å². The van der Waals surface area contributed by atoms with E-state index in [2.05, 4.69) is 67.1 Å². The van der Waals surface area contributed by atoms with E-state index in [1.165, 1.54) is 10.5 Å². The monoisotopic (exact) mass is 400 g/mol. The molecule has 2 heterocycles. The van der Waals surface area contributed by atoms with Gasteiger partial charge in [0.05, 0.1) is 18.7 Å². The first-order valence-corrected chi connectivity index (χ1v) is 10.8. The summed E-state index contributed by atoms with van der Waals surface area (Å²) >= 11 is 0. The highest BCUT2D eigenvalue weighted by Gasteiger charge is 2.37. The normalized spacial score (nSPS) is 21.0. The van der Waals surface area contributed by atoms with Gasteiger partial charge in [-0.1, -0.05) is 13.5 Å². The fraction of sp³-hybridized carbons (Fsp3) is 0.591. The number of nitrogens with one attached hydrogen (secondary N) is 2. The summed E-state index contributed by atoms with van der Waals surface area (Å²) in [6.07, 6.45) is 2.99. The van der Waals surface area contributed by atoms with Gasteiger partial charge in [-0.15, -0.1) is 5.10 Å². The number of hydrogen-bond acceptors (Lipinski definition) is 4. The molecule has 1 aliphatic heterocycles. The van der Waals surface area contributed by atoms with Gasteiger partial charge in [-0.25, -0.2) is 4.68 Å². The van der Waals surface area contributed by atoms with Crippen molar-refractivity contribution in [3.05, 3.63) is 48.3 Å². The topological polar surface area (TPSA) is 61.7 Å². The molecule has 2 N–H and O–H groups in total. The minimum atomic E-state index is -0.127. The van der Waals surface area contributed by atoms with Crippen molar-refractivity contribution < 1.29 is 14.5 Å². The Bertz CT molecular complexity index is 777. The number of nitrogens with zero attached hydrogens (tertiary/aromatic N) is 4. The number of quaternary nitrogens is 2. The summed E-state index contributed by atoms with van der Waals surface area (Å²) in [6, 6.07) is 8.57. The van der Waals surface area contributed by atoms with Crippen LogP contribution in [0.2, 0.25) is 0 Å². The van der Waals surface area contributed by atoms with Crippen LogP contribution in [-0.2, 0) is 5.54 Å². The summed E-state index contributed by atoms with van der Waals surface area (Å²) in [5.74, 6) is 1.85. The van der Waals surface area contributed by atoms with Gasteiger partial charge in [0, 0.05) is 5.56 Å². The molecule has 1 aromatic carbocycles. The van der Waals surface area contributed by atoms with Crippen LogP contribution in [0.25, 0.3) is 0 Å². The average molecular weight is 401 g/mol. The number of aromatic nitrogens is 4. The molecule has 0 bridgehead atoms.